The number of carbonyl (C=O) groups excluding carboxylic acids is 1. The maximum atomic E-state index is 10.5. The highest BCUT2D eigenvalue weighted by Gasteiger charge is 1.98. The monoisotopic (exact) mass is 145 g/mol. The summed E-state index contributed by atoms with van der Waals surface area (Å²) >= 11 is 1.59. The van der Waals surface area contributed by atoms with Gasteiger partial charge in [-0.1, -0.05) is 6.58 Å². The lowest BCUT2D eigenvalue weighted by Gasteiger charge is -2.07. The van der Waals surface area contributed by atoms with E-state index in [-0.39, 0.29) is 11.3 Å². The van der Waals surface area contributed by atoms with Gasteiger partial charge in [-0.25, -0.2) is 0 Å². The summed E-state index contributed by atoms with van der Waals surface area (Å²) in [5.74, 6) is -0.114. The Morgan fingerprint density at radius 2 is 2.44 bits per heavy atom. The fourth-order valence-electron chi connectivity index (χ4n) is 0.318. The third-order valence-corrected chi connectivity index (χ3v) is 1.71. The molecule has 0 fully saturated rings. The molecule has 0 aliphatic rings. The molecule has 0 radical (unpaired) electrons. The largest absolute Gasteiger partial charge is 0.341 e. The minimum atomic E-state index is -0.114. The number of carbonyl (C=O) groups is 1. The zero-order valence-electron chi connectivity index (χ0n) is 5.68. The molecule has 0 aromatic carbocycles. The van der Waals surface area contributed by atoms with Crippen molar-refractivity contribution in [3.8, 4) is 0 Å². The molecule has 0 aromatic heterocycles. The Bertz CT molecular complexity index is 114. The highest BCUT2D eigenvalue weighted by molar-refractivity contribution is 7.99. The van der Waals surface area contributed by atoms with Gasteiger partial charge >= 0.3 is 0 Å². The van der Waals surface area contributed by atoms with Gasteiger partial charge in [-0.15, -0.1) is 11.8 Å². The van der Waals surface area contributed by atoms with Gasteiger partial charge in [0.25, 0.3) is 0 Å². The molecular weight excluding hydrogens is 134 g/mol. The van der Waals surface area contributed by atoms with E-state index in [4.69, 9.17) is 0 Å². The van der Waals surface area contributed by atoms with Crippen LogP contribution in [0.4, 0.5) is 0 Å². The lowest BCUT2D eigenvalue weighted by Crippen LogP contribution is -2.27. The van der Waals surface area contributed by atoms with E-state index in [1.165, 1.54) is 6.08 Å². The molecule has 0 bridgehead atoms. The van der Waals surface area contributed by atoms with E-state index in [0.29, 0.717) is 0 Å². The quantitative estimate of drug-likeness (QED) is 0.474. The molecule has 1 amide bonds. The molecule has 0 rings (SSSR count). The number of hydrogen-bond acceptors (Lipinski definition) is 2. The first kappa shape index (κ1) is 8.56. The van der Waals surface area contributed by atoms with Crippen LogP contribution in [0.5, 0.6) is 0 Å². The summed E-state index contributed by atoms with van der Waals surface area (Å²) in [6, 6.07) is 0. The van der Waals surface area contributed by atoms with Crippen molar-refractivity contribution in [1.29, 1.82) is 0 Å². The normalized spacial score (nSPS) is 12.2. The molecule has 1 atom stereocenters. The second-order valence-electron chi connectivity index (χ2n) is 1.59. The van der Waals surface area contributed by atoms with E-state index in [1.54, 1.807) is 11.8 Å². The molecule has 0 saturated heterocycles. The van der Waals surface area contributed by atoms with Crippen molar-refractivity contribution in [2.75, 3.05) is 6.26 Å². The Morgan fingerprint density at radius 1 is 1.89 bits per heavy atom. The Kier molecular flexibility index (Phi) is 4.22. The van der Waals surface area contributed by atoms with Crippen molar-refractivity contribution in [2.45, 2.75) is 12.3 Å². The molecule has 1 unspecified atom stereocenters. The molecule has 9 heavy (non-hydrogen) atoms. The molecule has 1 N–H and O–H groups in total. The predicted molar refractivity (Wildman–Crippen MR) is 41.3 cm³/mol. The average Bonchev–Trinajstić information content (AvgIpc) is 1.87. The first-order chi connectivity index (χ1) is 4.20. The first-order valence-electron chi connectivity index (χ1n) is 2.66. The van der Waals surface area contributed by atoms with Crippen LogP contribution in [0.3, 0.4) is 0 Å². The van der Waals surface area contributed by atoms with E-state index in [0.717, 1.165) is 0 Å². The fourth-order valence-corrected chi connectivity index (χ4v) is 0.552. The Labute approximate surface area is 59.7 Å². The number of amides is 1. The Morgan fingerprint density at radius 3 is 2.78 bits per heavy atom. The zero-order chi connectivity index (χ0) is 7.28. The van der Waals surface area contributed by atoms with Gasteiger partial charge in [0, 0.05) is 0 Å². The van der Waals surface area contributed by atoms with E-state index in [9.17, 15) is 4.79 Å². The molecule has 0 spiro atoms. The van der Waals surface area contributed by atoms with Crippen molar-refractivity contribution in [3.05, 3.63) is 12.7 Å². The summed E-state index contributed by atoms with van der Waals surface area (Å²) in [6.07, 6.45) is 3.21. The minimum absolute atomic E-state index is 0.114. The smallest absolute Gasteiger partial charge is 0.244 e. The molecule has 0 heterocycles. The Balaban J connectivity index is 3.46. The van der Waals surface area contributed by atoms with Crippen LogP contribution in [0.1, 0.15) is 6.92 Å². The molecule has 3 heteroatoms. The average molecular weight is 145 g/mol. The van der Waals surface area contributed by atoms with Gasteiger partial charge in [0.05, 0.1) is 5.37 Å². The summed E-state index contributed by atoms with van der Waals surface area (Å²) in [6.45, 7) is 5.25. The topological polar surface area (TPSA) is 29.1 Å². The predicted octanol–water partition coefficient (Wildman–Crippen LogP) is 0.998. The highest BCUT2D eigenvalue weighted by atomic mass is 32.2. The highest BCUT2D eigenvalue weighted by Crippen LogP contribution is 1.99. The van der Waals surface area contributed by atoms with Gasteiger partial charge in [-0.05, 0) is 19.3 Å². The molecule has 0 aliphatic carbocycles. The first-order valence-corrected chi connectivity index (χ1v) is 3.95. The van der Waals surface area contributed by atoms with Gasteiger partial charge in [0.2, 0.25) is 5.91 Å². The molecule has 0 saturated carbocycles. The molecular formula is C6H11NOS. The molecule has 52 valence electrons. The summed E-state index contributed by atoms with van der Waals surface area (Å²) in [5.41, 5.74) is 0. The molecule has 0 aromatic rings. The summed E-state index contributed by atoms with van der Waals surface area (Å²) in [7, 11) is 0. The minimum Gasteiger partial charge on any atom is -0.341 e. The Hall–Kier alpha value is -0.440. The maximum absolute atomic E-state index is 10.5. The number of hydrogen-bond donors (Lipinski definition) is 1. The van der Waals surface area contributed by atoms with Crippen LogP contribution in [0, 0.1) is 0 Å². The van der Waals surface area contributed by atoms with Crippen molar-refractivity contribution in [2.24, 2.45) is 0 Å². The van der Waals surface area contributed by atoms with Gasteiger partial charge in [-0.3, -0.25) is 4.79 Å². The molecule has 2 nitrogen and oxygen atoms in total. The van der Waals surface area contributed by atoms with Crippen LogP contribution in [0.2, 0.25) is 0 Å². The van der Waals surface area contributed by atoms with Crippen LogP contribution in [-0.4, -0.2) is 17.5 Å². The van der Waals surface area contributed by atoms with Crippen LogP contribution in [0.25, 0.3) is 0 Å². The van der Waals surface area contributed by atoms with Gasteiger partial charge < -0.3 is 5.32 Å². The summed E-state index contributed by atoms with van der Waals surface area (Å²) in [4.78, 5) is 10.5. The molecule has 0 aliphatic heterocycles. The van der Waals surface area contributed by atoms with Crippen LogP contribution >= 0.6 is 11.8 Å². The second kappa shape index (κ2) is 4.44. The van der Waals surface area contributed by atoms with E-state index in [2.05, 4.69) is 11.9 Å². The van der Waals surface area contributed by atoms with E-state index < -0.39 is 0 Å². The SMILES string of the molecule is C=CC(=O)NC(C)SC. The van der Waals surface area contributed by atoms with Crippen LogP contribution in [0.15, 0.2) is 12.7 Å². The van der Waals surface area contributed by atoms with Gasteiger partial charge in [0.15, 0.2) is 0 Å². The van der Waals surface area contributed by atoms with Gasteiger partial charge in [0.1, 0.15) is 0 Å². The van der Waals surface area contributed by atoms with Crippen molar-refractivity contribution in [1.82, 2.24) is 5.32 Å². The third kappa shape index (κ3) is 4.09. The van der Waals surface area contributed by atoms with E-state index in [1.807, 2.05) is 13.2 Å². The van der Waals surface area contributed by atoms with Crippen molar-refractivity contribution in [3.63, 3.8) is 0 Å². The van der Waals surface area contributed by atoms with Crippen molar-refractivity contribution >= 4 is 17.7 Å². The standard InChI is InChI=1S/C6H11NOS/c1-4-6(8)7-5(2)9-3/h4-5H,1H2,2-3H3,(H,7,8). The van der Waals surface area contributed by atoms with Crippen molar-refractivity contribution < 1.29 is 4.79 Å². The second-order valence-corrected chi connectivity index (χ2v) is 2.77. The number of thioether (sulfide) groups is 1. The summed E-state index contributed by atoms with van der Waals surface area (Å²) < 4.78 is 0. The summed E-state index contributed by atoms with van der Waals surface area (Å²) in [5, 5.41) is 2.86. The third-order valence-electron chi connectivity index (χ3n) is 0.884. The lowest BCUT2D eigenvalue weighted by molar-refractivity contribution is -0.116. The number of rotatable bonds is 3. The van der Waals surface area contributed by atoms with Crippen LogP contribution < -0.4 is 5.32 Å². The fraction of sp³-hybridized carbons (Fsp3) is 0.500. The maximum Gasteiger partial charge on any atom is 0.244 e. The number of nitrogens with one attached hydrogen (secondary N) is 1. The van der Waals surface area contributed by atoms with Gasteiger partial charge in [-0.2, -0.15) is 0 Å². The lowest BCUT2D eigenvalue weighted by atomic mass is 10.5. The van der Waals surface area contributed by atoms with Crippen LogP contribution in [-0.2, 0) is 4.79 Å². The zero-order valence-corrected chi connectivity index (χ0v) is 6.49. The van der Waals surface area contributed by atoms with E-state index >= 15 is 0 Å².